The predicted molar refractivity (Wildman–Crippen MR) is 96.9 cm³/mol. The van der Waals surface area contributed by atoms with E-state index in [0.29, 0.717) is 24.2 Å². The Morgan fingerprint density at radius 2 is 1.96 bits per heavy atom. The molecule has 0 spiro atoms. The van der Waals surface area contributed by atoms with Crippen molar-refractivity contribution in [1.29, 1.82) is 0 Å². The van der Waals surface area contributed by atoms with Crippen LogP contribution >= 0.6 is 0 Å². The van der Waals surface area contributed by atoms with Crippen molar-refractivity contribution in [2.75, 3.05) is 32.8 Å². The molecule has 1 unspecified atom stereocenters. The van der Waals surface area contributed by atoms with E-state index in [0.717, 1.165) is 32.0 Å². The second-order valence-electron chi connectivity index (χ2n) is 6.65. The van der Waals surface area contributed by atoms with Gasteiger partial charge in [-0.3, -0.25) is 14.3 Å². The molecule has 1 aliphatic rings. The third-order valence-electron chi connectivity index (χ3n) is 4.66. The Morgan fingerprint density at radius 3 is 2.64 bits per heavy atom. The molecule has 25 heavy (non-hydrogen) atoms. The highest BCUT2D eigenvalue weighted by Gasteiger charge is 2.25. The fraction of sp³-hybridized carbons (Fsp3) is 0.474. The molecule has 2 aromatic rings. The van der Waals surface area contributed by atoms with Crippen molar-refractivity contribution in [2.24, 2.45) is 5.92 Å². The van der Waals surface area contributed by atoms with Crippen molar-refractivity contribution in [3.05, 3.63) is 48.5 Å². The molecule has 2 heterocycles. The molecule has 0 radical (unpaired) electrons. The molecule has 1 amide bonds. The number of nitrogens with one attached hydrogen (secondary N) is 1. The molecular formula is C19H26N4O2. The van der Waals surface area contributed by atoms with Gasteiger partial charge in [0.15, 0.2) is 0 Å². The number of amides is 1. The first-order valence-electron chi connectivity index (χ1n) is 8.84. The number of aromatic nitrogens is 2. The van der Waals surface area contributed by atoms with E-state index in [1.165, 1.54) is 0 Å². The summed E-state index contributed by atoms with van der Waals surface area (Å²) in [7, 11) is 0. The van der Waals surface area contributed by atoms with Gasteiger partial charge in [-0.15, -0.1) is 0 Å². The molecule has 1 atom stereocenters. The molecule has 1 N–H and O–H groups in total. The van der Waals surface area contributed by atoms with Gasteiger partial charge >= 0.3 is 0 Å². The van der Waals surface area contributed by atoms with Gasteiger partial charge in [-0.2, -0.15) is 0 Å². The number of carbonyl (C=O) groups excluding carboxylic acids is 1. The maximum absolute atomic E-state index is 12.7. The topological polar surface area (TPSA) is 59.4 Å². The lowest BCUT2D eigenvalue weighted by molar-refractivity contribution is 0.00671. The number of imidazole rings is 1. The van der Waals surface area contributed by atoms with Crippen LogP contribution in [0.3, 0.4) is 0 Å². The van der Waals surface area contributed by atoms with Crippen molar-refractivity contribution < 1.29 is 9.53 Å². The summed E-state index contributed by atoms with van der Waals surface area (Å²) in [5.74, 6) is 0.359. The fourth-order valence-corrected chi connectivity index (χ4v) is 3.24. The zero-order chi connectivity index (χ0) is 17.6. The van der Waals surface area contributed by atoms with Gasteiger partial charge in [0, 0.05) is 31.4 Å². The summed E-state index contributed by atoms with van der Waals surface area (Å²) >= 11 is 0. The van der Waals surface area contributed by atoms with Crippen LogP contribution in [0.2, 0.25) is 0 Å². The molecule has 0 saturated carbocycles. The lowest BCUT2D eigenvalue weighted by Crippen LogP contribution is -2.51. The van der Waals surface area contributed by atoms with Gasteiger partial charge in [0.2, 0.25) is 0 Å². The minimum absolute atomic E-state index is 0.0970. The van der Waals surface area contributed by atoms with Crippen molar-refractivity contribution in [1.82, 2.24) is 19.8 Å². The van der Waals surface area contributed by atoms with Crippen LogP contribution in [0.15, 0.2) is 42.9 Å². The Balaban J connectivity index is 1.67. The quantitative estimate of drug-likeness (QED) is 0.872. The van der Waals surface area contributed by atoms with Crippen LogP contribution in [-0.4, -0.2) is 59.2 Å². The molecule has 1 aliphatic heterocycles. The summed E-state index contributed by atoms with van der Waals surface area (Å²) in [5.41, 5.74) is 1.48. The zero-order valence-corrected chi connectivity index (χ0v) is 14.9. The molecular weight excluding hydrogens is 316 g/mol. The van der Waals surface area contributed by atoms with Gasteiger partial charge in [-0.25, -0.2) is 4.98 Å². The molecule has 1 aromatic carbocycles. The van der Waals surface area contributed by atoms with E-state index in [4.69, 9.17) is 4.74 Å². The molecule has 6 heteroatoms. The van der Waals surface area contributed by atoms with E-state index in [9.17, 15) is 4.79 Å². The van der Waals surface area contributed by atoms with Gasteiger partial charge in [0.25, 0.3) is 5.91 Å². The van der Waals surface area contributed by atoms with Crippen molar-refractivity contribution in [2.45, 2.75) is 19.9 Å². The highest BCUT2D eigenvalue weighted by Crippen LogP contribution is 2.14. The van der Waals surface area contributed by atoms with Crippen LogP contribution < -0.4 is 5.32 Å². The highest BCUT2D eigenvalue weighted by molar-refractivity contribution is 5.93. The van der Waals surface area contributed by atoms with Crippen LogP contribution in [0, 0.1) is 5.92 Å². The first kappa shape index (κ1) is 17.6. The lowest BCUT2D eigenvalue weighted by atomic mass is 10.0. The first-order chi connectivity index (χ1) is 12.2. The third kappa shape index (κ3) is 4.27. The average Bonchev–Trinajstić information content (AvgIpc) is 3.13. The molecule has 134 valence electrons. The monoisotopic (exact) mass is 342 g/mol. The average molecular weight is 342 g/mol. The van der Waals surface area contributed by atoms with Gasteiger partial charge in [0.05, 0.1) is 25.7 Å². The molecule has 0 aliphatic carbocycles. The number of benzene rings is 1. The second-order valence-corrected chi connectivity index (χ2v) is 6.65. The standard InChI is InChI=1S/C19H26N4O2/c1-15(2)17(22-8-10-25-11-9-22)13-21-19(24)18-12-20-14-23(18)16-6-4-3-5-7-16/h3-7,12,14-15,17H,8-11,13H2,1-2H3,(H,21,24). The summed E-state index contributed by atoms with van der Waals surface area (Å²) in [4.78, 5) is 19.2. The number of para-hydroxylation sites is 1. The van der Waals surface area contributed by atoms with E-state index >= 15 is 0 Å². The molecule has 6 nitrogen and oxygen atoms in total. The summed E-state index contributed by atoms with van der Waals surface area (Å²) in [6.45, 7) is 8.37. The number of hydrogen-bond acceptors (Lipinski definition) is 4. The number of carbonyl (C=O) groups is 1. The normalized spacial score (nSPS) is 16.8. The van der Waals surface area contributed by atoms with Gasteiger partial charge < -0.3 is 10.1 Å². The maximum atomic E-state index is 12.7. The Bertz CT molecular complexity index is 678. The SMILES string of the molecule is CC(C)C(CNC(=O)c1cncn1-c1ccccc1)N1CCOCC1. The number of hydrogen-bond donors (Lipinski definition) is 1. The Kier molecular flexibility index (Phi) is 5.83. The van der Waals surface area contributed by atoms with E-state index < -0.39 is 0 Å². The smallest absolute Gasteiger partial charge is 0.269 e. The van der Waals surface area contributed by atoms with E-state index in [1.54, 1.807) is 12.5 Å². The maximum Gasteiger partial charge on any atom is 0.269 e. The fourth-order valence-electron chi connectivity index (χ4n) is 3.24. The third-order valence-corrected chi connectivity index (χ3v) is 4.66. The number of ether oxygens (including phenoxy) is 1. The molecule has 1 saturated heterocycles. The first-order valence-corrected chi connectivity index (χ1v) is 8.84. The largest absolute Gasteiger partial charge is 0.379 e. The van der Waals surface area contributed by atoms with Crippen LogP contribution in [-0.2, 0) is 4.74 Å². The lowest BCUT2D eigenvalue weighted by Gasteiger charge is -2.36. The van der Waals surface area contributed by atoms with Crippen molar-refractivity contribution in [3.63, 3.8) is 0 Å². The van der Waals surface area contributed by atoms with Crippen LogP contribution in [0.5, 0.6) is 0 Å². The summed E-state index contributed by atoms with van der Waals surface area (Å²) in [6, 6.07) is 10.1. The van der Waals surface area contributed by atoms with Crippen molar-refractivity contribution >= 4 is 5.91 Å². The molecule has 0 bridgehead atoms. The zero-order valence-electron chi connectivity index (χ0n) is 14.9. The van der Waals surface area contributed by atoms with E-state index in [-0.39, 0.29) is 5.91 Å². The number of nitrogens with zero attached hydrogens (tertiary/aromatic N) is 3. The number of rotatable bonds is 6. The summed E-state index contributed by atoms with van der Waals surface area (Å²) in [5, 5.41) is 3.09. The summed E-state index contributed by atoms with van der Waals surface area (Å²) in [6.07, 6.45) is 3.29. The summed E-state index contributed by atoms with van der Waals surface area (Å²) < 4.78 is 7.25. The second kappa shape index (κ2) is 8.27. The Hall–Kier alpha value is -2.18. The van der Waals surface area contributed by atoms with E-state index in [2.05, 4.69) is 29.0 Å². The van der Waals surface area contributed by atoms with E-state index in [1.807, 2.05) is 34.9 Å². The highest BCUT2D eigenvalue weighted by atomic mass is 16.5. The van der Waals surface area contributed by atoms with Gasteiger partial charge in [-0.05, 0) is 18.1 Å². The van der Waals surface area contributed by atoms with Gasteiger partial charge in [0.1, 0.15) is 5.69 Å². The Labute approximate surface area is 148 Å². The van der Waals surface area contributed by atoms with Gasteiger partial charge in [-0.1, -0.05) is 32.0 Å². The minimum atomic E-state index is -0.0970. The van der Waals surface area contributed by atoms with Crippen molar-refractivity contribution in [3.8, 4) is 5.69 Å². The molecule has 1 aromatic heterocycles. The minimum Gasteiger partial charge on any atom is -0.379 e. The molecule has 3 rings (SSSR count). The predicted octanol–water partition coefficient (Wildman–Crippen LogP) is 1.96. The Morgan fingerprint density at radius 1 is 1.24 bits per heavy atom. The molecule has 1 fully saturated rings. The van der Waals surface area contributed by atoms with Crippen LogP contribution in [0.1, 0.15) is 24.3 Å². The number of morpholine rings is 1. The van der Waals surface area contributed by atoms with Crippen LogP contribution in [0.4, 0.5) is 0 Å². The van der Waals surface area contributed by atoms with Crippen LogP contribution in [0.25, 0.3) is 5.69 Å².